The molecule has 0 atom stereocenters. The largest absolute Gasteiger partial charge is 0.503 e. The SMILES string of the molecule is CC(C)(C)Cc1ccnc(-c2[c-]cc3c4c2Oc2ccccc2B4c2ccccc2O3)c1.Cc1c[c-]c(-c2cc(-c3ccccc3)c(C)cn2)cc1-c1ccccc1.[Ir]. The van der Waals surface area contributed by atoms with E-state index in [0.29, 0.717) is 0 Å². The number of hydrogen-bond donors (Lipinski definition) is 0. The molecule has 10 rings (SSSR count). The molecule has 8 aromatic rings. The van der Waals surface area contributed by atoms with Gasteiger partial charge < -0.3 is 19.4 Å². The van der Waals surface area contributed by atoms with Crippen molar-refractivity contribution in [1.82, 2.24) is 9.97 Å². The van der Waals surface area contributed by atoms with E-state index in [4.69, 9.17) is 14.5 Å². The first kappa shape index (κ1) is 39.7. The third-order valence-corrected chi connectivity index (χ3v) is 10.8. The summed E-state index contributed by atoms with van der Waals surface area (Å²) >= 11 is 0. The Bertz CT molecular complexity index is 2680. The molecule has 291 valence electrons. The number of pyridine rings is 2. The third-order valence-electron chi connectivity index (χ3n) is 10.8. The number of fused-ring (bicyclic) bond motifs is 4. The van der Waals surface area contributed by atoms with Gasteiger partial charge in [0.15, 0.2) is 0 Å². The summed E-state index contributed by atoms with van der Waals surface area (Å²) in [5.41, 5.74) is 15.8. The van der Waals surface area contributed by atoms with Gasteiger partial charge >= 0.3 is 0 Å². The molecule has 6 heteroatoms. The van der Waals surface area contributed by atoms with Crippen LogP contribution in [0.15, 0.2) is 158 Å². The van der Waals surface area contributed by atoms with Crippen LogP contribution in [0.4, 0.5) is 0 Å². The average molecular weight is 943 g/mol. The molecule has 0 aliphatic carbocycles. The van der Waals surface area contributed by atoms with Gasteiger partial charge in [0.05, 0.1) is 0 Å². The van der Waals surface area contributed by atoms with Crippen molar-refractivity contribution in [2.24, 2.45) is 5.41 Å². The summed E-state index contributed by atoms with van der Waals surface area (Å²) in [5, 5.41) is 0. The van der Waals surface area contributed by atoms with Crippen LogP contribution < -0.4 is 25.9 Å². The second-order valence-corrected chi connectivity index (χ2v) is 16.3. The summed E-state index contributed by atoms with van der Waals surface area (Å²) in [6.45, 7) is 11.0. The molecule has 2 aliphatic rings. The van der Waals surface area contributed by atoms with Crippen molar-refractivity contribution >= 4 is 23.1 Å². The summed E-state index contributed by atoms with van der Waals surface area (Å²) < 4.78 is 12.8. The quantitative estimate of drug-likeness (QED) is 0.127. The number of aromatic nitrogens is 2. The van der Waals surface area contributed by atoms with E-state index in [1.807, 2.05) is 54.9 Å². The Hall–Kier alpha value is -6.07. The molecule has 0 bridgehead atoms. The van der Waals surface area contributed by atoms with Gasteiger partial charge in [-0.15, -0.1) is 41.5 Å². The fourth-order valence-electron chi connectivity index (χ4n) is 8.09. The molecule has 0 N–H and O–H groups in total. The predicted molar refractivity (Wildman–Crippen MR) is 238 cm³/mol. The maximum absolute atomic E-state index is 6.51. The molecular weight excluding hydrogens is 900 g/mol. The van der Waals surface area contributed by atoms with E-state index < -0.39 is 0 Å². The third kappa shape index (κ3) is 8.17. The molecule has 6 aromatic carbocycles. The van der Waals surface area contributed by atoms with E-state index in [0.717, 1.165) is 68.3 Å². The van der Waals surface area contributed by atoms with Gasteiger partial charge in [-0.1, -0.05) is 159 Å². The number of hydrogen-bond acceptors (Lipinski definition) is 4. The van der Waals surface area contributed by atoms with Gasteiger partial charge in [-0.3, -0.25) is 0 Å². The average Bonchev–Trinajstić information content (AvgIpc) is 3.24. The van der Waals surface area contributed by atoms with Crippen molar-refractivity contribution in [3.8, 4) is 67.8 Å². The Morgan fingerprint density at radius 2 is 1.20 bits per heavy atom. The molecule has 59 heavy (non-hydrogen) atoms. The van der Waals surface area contributed by atoms with Crippen LogP contribution in [0.1, 0.15) is 37.5 Å². The molecule has 0 saturated heterocycles. The minimum absolute atomic E-state index is 0. The number of aryl methyl sites for hydroxylation is 2. The van der Waals surface area contributed by atoms with E-state index in [1.54, 1.807) is 0 Å². The summed E-state index contributed by atoms with van der Waals surface area (Å²) in [6.07, 6.45) is 4.82. The monoisotopic (exact) mass is 943 g/mol. The Balaban J connectivity index is 0.000000165. The van der Waals surface area contributed by atoms with Crippen molar-refractivity contribution in [2.75, 3.05) is 0 Å². The van der Waals surface area contributed by atoms with Gasteiger partial charge in [-0.25, -0.2) is 0 Å². The molecule has 1 radical (unpaired) electrons. The van der Waals surface area contributed by atoms with E-state index in [-0.39, 0.29) is 32.2 Å². The normalized spacial score (nSPS) is 12.0. The van der Waals surface area contributed by atoms with Gasteiger partial charge in [0.2, 0.25) is 6.71 Å². The van der Waals surface area contributed by atoms with Gasteiger partial charge in [0, 0.05) is 44.0 Å². The number of ether oxygens (including phenoxy) is 2. The zero-order valence-electron chi connectivity index (χ0n) is 33.8. The molecule has 2 aliphatic heterocycles. The molecule has 0 unspecified atom stereocenters. The van der Waals surface area contributed by atoms with E-state index >= 15 is 0 Å². The zero-order valence-corrected chi connectivity index (χ0v) is 36.2. The second kappa shape index (κ2) is 16.7. The van der Waals surface area contributed by atoms with Crippen LogP contribution in [0.5, 0.6) is 23.0 Å². The molecule has 0 saturated carbocycles. The predicted octanol–water partition coefficient (Wildman–Crippen LogP) is 11.4. The number of para-hydroxylation sites is 2. The van der Waals surface area contributed by atoms with Crippen molar-refractivity contribution in [1.29, 1.82) is 0 Å². The fourth-order valence-corrected chi connectivity index (χ4v) is 8.09. The summed E-state index contributed by atoms with van der Waals surface area (Å²) in [6, 6.07) is 56.9. The van der Waals surface area contributed by atoms with Crippen molar-refractivity contribution in [3.05, 3.63) is 187 Å². The van der Waals surface area contributed by atoms with Crippen molar-refractivity contribution < 1.29 is 29.6 Å². The first-order chi connectivity index (χ1) is 28.2. The first-order valence-electron chi connectivity index (χ1n) is 19.9. The Morgan fingerprint density at radius 3 is 1.86 bits per heavy atom. The standard InChI is InChI=1S/C28H23BNO2.C25H20N.Ir/c1-28(2,3)17-18-14-15-30-22(16-18)19-12-13-25-26-27(19)32-24-11-7-5-9-21(24)29(26)20-8-4-6-10-23(20)31-25;1-18-13-14-22(15-23(18)20-9-5-3-6-10-20)25-16-24(19(2)17-26-25)21-11-7-4-8-12-21;/h4-11,13-16H,17H2,1-3H3;3-13,15-17H,1-2H3;/q2*-1;. The topological polar surface area (TPSA) is 44.2 Å². The number of nitrogens with zero attached hydrogens (tertiary/aromatic N) is 2. The Morgan fingerprint density at radius 1 is 0.593 bits per heavy atom. The van der Waals surface area contributed by atoms with Crippen LogP contribution in [0, 0.1) is 31.4 Å². The molecule has 0 spiro atoms. The fraction of sp³-hybridized carbons (Fsp3) is 0.132. The van der Waals surface area contributed by atoms with Gasteiger partial charge in [0.25, 0.3) is 0 Å². The minimum atomic E-state index is 0. The summed E-state index contributed by atoms with van der Waals surface area (Å²) in [7, 11) is 0. The Kier molecular flexibility index (Phi) is 11.2. The smallest absolute Gasteiger partial charge is 0.239 e. The molecule has 4 heterocycles. The van der Waals surface area contributed by atoms with Gasteiger partial charge in [0.1, 0.15) is 11.5 Å². The first-order valence-corrected chi connectivity index (χ1v) is 19.9. The van der Waals surface area contributed by atoms with Crippen molar-refractivity contribution in [3.63, 3.8) is 0 Å². The van der Waals surface area contributed by atoms with Crippen LogP contribution in [0.2, 0.25) is 0 Å². The van der Waals surface area contributed by atoms with E-state index in [2.05, 4.69) is 155 Å². The molecular formula is C53H43BIrN2O2-2. The summed E-state index contributed by atoms with van der Waals surface area (Å²) in [5.74, 6) is 3.35. The number of rotatable bonds is 5. The maximum atomic E-state index is 6.51. The zero-order chi connectivity index (χ0) is 39.8. The van der Waals surface area contributed by atoms with Crippen LogP contribution in [0.3, 0.4) is 0 Å². The molecule has 2 aromatic heterocycles. The minimum Gasteiger partial charge on any atom is -0.503 e. The van der Waals surface area contributed by atoms with Crippen LogP contribution in [-0.2, 0) is 26.5 Å². The van der Waals surface area contributed by atoms with E-state index in [9.17, 15) is 0 Å². The Labute approximate surface area is 361 Å². The molecule has 0 fully saturated rings. The van der Waals surface area contributed by atoms with Crippen molar-refractivity contribution in [2.45, 2.75) is 41.0 Å². The number of benzene rings is 6. The van der Waals surface area contributed by atoms with Crippen LogP contribution >= 0.6 is 0 Å². The van der Waals surface area contributed by atoms with Gasteiger partial charge in [-0.05, 0) is 81.5 Å². The maximum Gasteiger partial charge on any atom is 0.239 e. The molecule has 0 amide bonds. The second-order valence-electron chi connectivity index (χ2n) is 16.3. The van der Waals surface area contributed by atoms with Crippen LogP contribution in [0.25, 0.3) is 44.8 Å². The van der Waals surface area contributed by atoms with E-state index in [1.165, 1.54) is 38.9 Å². The van der Waals surface area contributed by atoms with Crippen LogP contribution in [-0.4, -0.2) is 16.7 Å². The summed E-state index contributed by atoms with van der Waals surface area (Å²) in [4.78, 5) is 9.36. The molecule has 4 nitrogen and oxygen atoms in total. The van der Waals surface area contributed by atoms with Gasteiger partial charge in [-0.2, -0.15) is 0 Å².